The van der Waals surface area contributed by atoms with Gasteiger partial charge in [0, 0.05) is 17.3 Å². The number of benzene rings is 1. The smallest absolute Gasteiger partial charge is 0.0560 e. The molecule has 1 nitrogen and oxygen atoms in total. The van der Waals surface area contributed by atoms with Crippen LogP contribution in [0.4, 0.5) is 0 Å². The highest BCUT2D eigenvalue weighted by atomic mass is 32.2. The number of hydrogen-bond acceptors (Lipinski definition) is 2. The van der Waals surface area contributed by atoms with Gasteiger partial charge in [-0.15, -0.1) is 11.8 Å². The van der Waals surface area contributed by atoms with E-state index < -0.39 is 0 Å². The molecule has 0 saturated carbocycles. The Bertz CT molecular complexity index is 248. The molecule has 0 bridgehead atoms. The van der Waals surface area contributed by atoms with Gasteiger partial charge in [0.2, 0.25) is 0 Å². The lowest BCUT2D eigenvalue weighted by atomic mass is 10.2. The van der Waals surface area contributed by atoms with E-state index in [0.717, 1.165) is 19.0 Å². The van der Waals surface area contributed by atoms with E-state index in [9.17, 15) is 0 Å². The summed E-state index contributed by atoms with van der Waals surface area (Å²) < 4.78 is 5.58. The summed E-state index contributed by atoms with van der Waals surface area (Å²) in [5.41, 5.74) is 0. The normalized spacial score (nSPS) is 10.6. The monoisotopic (exact) mass is 238 g/mol. The molecule has 0 fully saturated rings. The average molecular weight is 238 g/mol. The molecule has 2 heteroatoms. The van der Waals surface area contributed by atoms with Gasteiger partial charge >= 0.3 is 0 Å². The number of hydrogen-bond donors (Lipinski definition) is 0. The van der Waals surface area contributed by atoms with Crippen LogP contribution >= 0.6 is 11.8 Å². The molecule has 0 atom stereocenters. The standard InChI is InChI=1S/C14H22OS/c1-2-3-4-8-11-15-12-13-16-14-9-6-5-7-10-14/h5-7,9-10H,2-4,8,11-13H2,1H3. The van der Waals surface area contributed by atoms with E-state index in [4.69, 9.17) is 4.74 Å². The van der Waals surface area contributed by atoms with Crippen molar-refractivity contribution in [2.75, 3.05) is 19.0 Å². The lowest BCUT2D eigenvalue weighted by Crippen LogP contribution is -1.99. The highest BCUT2D eigenvalue weighted by Gasteiger charge is 1.93. The molecule has 0 aromatic heterocycles. The Morgan fingerprint density at radius 2 is 1.81 bits per heavy atom. The van der Waals surface area contributed by atoms with Crippen LogP contribution < -0.4 is 0 Å². The van der Waals surface area contributed by atoms with Gasteiger partial charge in [-0.1, -0.05) is 44.4 Å². The van der Waals surface area contributed by atoms with E-state index in [1.807, 2.05) is 17.8 Å². The summed E-state index contributed by atoms with van der Waals surface area (Å²) in [6, 6.07) is 10.5. The van der Waals surface area contributed by atoms with Crippen molar-refractivity contribution in [2.45, 2.75) is 37.5 Å². The Morgan fingerprint density at radius 3 is 2.56 bits per heavy atom. The minimum atomic E-state index is 0.867. The van der Waals surface area contributed by atoms with Crippen molar-refractivity contribution in [3.05, 3.63) is 30.3 Å². The van der Waals surface area contributed by atoms with E-state index in [0.29, 0.717) is 0 Å². The van der Waals surface area contributed by atoms with Gasteiger partial charge in [0.25, 0.3) is 0 Å². The van der Waals surface area contributed by atoms with E-state index in [1.165, 1.54) is 30.6 Å². The second-order valence-corrected chi connectivity index (χ2v) is 5.00. The fraction of sp³-hybridized carbons (Fsp3) is 0.571. The highest BCUT2D eigenvalue weighted by molar-refractivity contribution is 7.99. The molecule has 16 heavy (non-hydrogen) atoms. The quantitative estimate of drug-likeness (QED) is 0.466. The predicted molar refractivity (Wildman–Crippen MR) is 72.1 cm³/mol. The van der Waals surface area contributed by atoms with Crippen molar-refractivity contribution in [1.29, 1.82) is 0 Å². The van der Waals surface area contributed by atoms with Crippen LogP contribution in [0.5, 0.6) is 0 Å². The van der Waals surface area contributed by atoms with Gasteiger partial charge in [-0.25, -0.2) is 0 Å². The lowest BCUT2D eigenvalue weighted by molar-refractivity contribution is 0.145. The van der Waals surface area contributed by atoms with Gasteiger partial charge in [0.05, 0.1) is 6.61 Å². The fourth-order valence-electron chi connectivity index (χ4n) is 1.47. The van der Waals surface area contributed by atoms with Gasteiger partial charge in [-0.05, 0) is 18.6 Å². The largest absolute Gasteiger partial charge is 0.381 e. The summed E-state index contributed by atoms with van der Waals surface area (Å²) in [5, 5.41) is 0. The van der Waals surface area contributed by atoms with Crippen molar-refractivity contribution in [3.8, 4) is 0 Å². The molecule has 90 valence electrons. The SMILES string of the molecule is CCCCCCOCCSc1ccccc1. The van der Waals surface area contributed by atoms with Crippen LogP contribution in [0.25, 0.3) is 0 Å². The number of unbranched alkanes of at least 4 members (excludes halogenated alkanes) is 3. The first kappa shape index (κ1) is 13.6. The van der Waals surface area contributed by atoms with E-state index in [1.54, 1.807) is 0 Å². The Labute approximate surface area is 104 Å². The fourth-order valence-corrected chi connectivity index (χ4v) is 2.25. The first-order valence-corrected chi connectivity index (χ1v) is 7.17. The number of rotatable bonds is 9. The first-order valence-electron chi connectivity index (χ1n) is 6.19. The third-order valence-corrected chi connectivity index (χ3v) is 3.36. The molecular formula is C14H22OS. The summed E-state index contributed by atoms with van der Waals surface area (Å²) in [6.45, 7) is 4.03. The number of thioether (sulfide) groups is 1. The Balaban J connectivity index is 1.89. The molecule has 0 N–H and O–H groups in total. The average Bonchev–Trinajstić information content (AvgIpc) is 2.34. The molecule has 0 radical (unpaired) electrons. The highest BCUT2D eigenvalue weighted by Crippen LogP contribution is 2.16. The zero-order valence-corrected chi connectivity index (χ0v) is 11.0. The zero-order valence-electron chi connectivity index (χ0n) is 10.2. The maximum atomic E-state index is 5.58. The van der Waals surface area contributed by atoms with Crippen molar-refractivity contribution in [3.63, 3.8) is 0 Å². The summed E-state index contributed by atoms with van der Waals surface area (Å²) in [7, 11) is 0. The number of ether oxygens (including phenoxy) is 1. The molecule has 0 aliphatic rings. The van der Waals surface area contributed by atoms with E-state index >= 15 is 0 Å². The molecule has 1 rings (SSSR count). The molecular weight excluding hydrogens is 216 g/mol. The van der Waals surface area contributed by atoms with Crippen LogP contribution in [-0.2, 0) is 4.74 Å². The van der Waals surface area contributed by atoms with Crippen molar-refractivity contribution >= 4 is 11.8 Å². The molecule has 0 saturated heterocycles. The third-order valence-electron chi connectivity index (χ3n) is 2.38. The van der Waals surface area contributed by atoms with Crippen LogP contribution in [0.3, 0.4) is 0 Å². The van der Waals surface area contributed by atoms with Crippen LogP contribution in [0, 0.1) is 0 Å². The third kappa shape index (κ3) is 6.91. The second kappa shape index (κ2) is 9.73. The van der Waals surface area contributed by atoms with Gasteiger partial charge in [-0.3, -0.25) is 0 Å². The predicted octanol–water partition coefficient (Wildman–Crippen LogP) is 4.38. The van der Waals surface area contributed by atoms with E-state index in [2.05, 4.69) is 31.2 Å². The van der Waals surface area contributed by atoms with E-state index in [-0.39, 0.29) is 0 Å². The van der Waals surface area contributed by atoms with Crippen LogP contribution in [0.1, 0.15) is 32.6 Å². The van der Waals surface area contributed by atoms with Crippen LogP contribution in [-0.4, -0.2) is 19.0 Å². The first-order chi connectivity index (χ1) is 7.93. The van der Waals surface area contributed by atoms with Crippen molar-refractivity contribution in [2.24, 2.45) is 0 Å². The molecule has 0 unspecified atom stereocenters. The van der Waals surface area contributed by atoms with Gasteiger partial charge in [0.15, 0.2) is 0 Å². The van der Waals surface area contributed by atoms with Gasteiger partial charge in [0.1, 0.15) is 0 Å². The molecule has 0 aliphatic carbocycles. The van der Waals surface area contributed by atoms with Gasteiger partial charge in [-0.2, -0.15) is 0 Å². The molecule has 0 spiro atoms. The molecule has 1 aromatic carbocycles. The minimum absolute atomic E-state index is 0.867. The lowest BCUT2D eigenvalue weighted by Gasteiger charge is -2.04. The van der Waals surface area contributed by atoms with Crippen molar-refractivity contribution < 1.29 is 4.74 Å². The maximum absolute atomic E-state index is 5.58. The Hall–Kier alpha value is -0.470. The Kier molecular flexibility index (Phi) is 8.27. The molecule has 0 heterocycles. The summed E-state index contributed by atoms with van der Waals surface area (Å²) in [6.07, 6.45) is 5.15. The van der Waals surface area contributed by atoms with Crippen LogP contribution in [0.2, 0.25) is 0 Å². The zero-order chi connectivity index (χ0) is 11.5. The second-order valence-electron chi connectivity index (χ2n) is 3.83. The Morgan fingerprint density at radius 1 is 1.00 bits per heavy atom. The minimum Gasteiger partial charge on any atom is -0.381 e. The maximum Gasteiger partial charge on any atom is 0.0560 e. The van der Waals surface area contributed by atoms with Gasteiger partial charge < -0.3 is 4.74 Å². The summed E-state index contributed by atoms with van der Waals surface area (Å²) in [4.78, 5) is 1.33. The summed E-state index contributed by atoms with van der Waals surface area (Å²) in [5.74, 6) is 1.05. The summed E-state index contributed by atoms with van der Waals surface area (Å²) >= 11 is 1.86. The molecule has 0 aliphatic heterocycles. The van der Waals surface area contributed by atoms with Crippen molar-refractivity contribution in [1.82, 2.24) is 0 Å². The molecule has 1 aromatic rings. The van der Waals surface area contributed by atoms with Crippen LogP contribution in [0.15, 0.2) is 35.2 Å². The molecule has 0 amide bonds. The topological polar surface area (TPSA) is 9.23 Å².